The van der Waals surface area contributed by atoms with E-state index >= 15 is 0 Å². The Morgan fingerprint density at radius 3 is 2.54 bits per heavy atom. The van der Waals surface area contributed by atoms with Gasteiger partial charge in [-0.1, -0.05) is 67.6 Å². The summed E-state index contributed by atoms with van der Waals surface area (Å²) in [7, 11) is 0. The number of carbonyl (C=O) groups excluding carboxylic acids is 1. The molecule has 0 saturated carbocycles. The highest BCUT2D eigenvalue weighted by atomic mass is 16.3. The molecule has 116 valence electrons. The molecule has 0 fully saturated rings. The minimum atomic E-state index is -0.208. The van der Waals surface area contributed by atoms with Crippen LogP contribution in [-0.2, 0) is 5.41 Å². The lowest BCUT2D eigenvalue weighted by atomic mass is 9.63. The number of hydrogen-bond donors (Lipinski definition) is 0. The van der Waals surface area contributed by atoms with Crippen LogP contribution in [0, 0.1) is 0 Å². The molecule has 2 aliphatic carbocycles. The fourth-order valence-electron chi connectivity index (χ4n) is 4.21. The third-order valence-electron chi connectivity index (χ3n) is 5.40. The van der Waals surface area contributed by atoms with E-state index in [1.54, 1.807) is 6.26 Å². The zero-order valence-corrected chi connectivity index (χ0v) is 13.4. The summed E-state index contributed by atoms with van der Waals surface area (Å²) in [6, 6.07) is 18.2. The van der Waals surface area contributed by atoms with Gasteiger partial charge in [-0.05, 0) is 23.1 Å². The van der Waals surface area contributed by atoms with E-state index in [1.165, 1.54) is 0 Å². The number of furan rings is 1. The Balaban J connectivity index is 1.79. The monoisotopic (exact) mass is 312 g/mol. The van der Waals surface area contributed by atoms with Gasteiger partial charge in [0.2, 0.25) is 5.78 Å². The maximum absolute atomic E-state index is 12.9. The molecule has 0 N–H and O–H groups in total. The standard InChI is InChI=1S/C22H16O2/c1-22-12-11-15(14-7-3-2-4-8-14)17-13-24-21(19(17)22)20(23)16-9-5-6-10-18(16)22/h2-11,13H,12H2,1H3/t22-/m1/s1. The van der Waals surface area contributed by atoms with Gasteiger partial charge in [-0.25, -0.2) is 0 Å². The van der Waals surface area contributed by atoms with Crippen LogP contribution in [-0.4, -0.2) is 5.78 Å². The summed E-state index contributed by atoms with van der Waals surface area (Å²) in [5.74, 6) is 0.506. The van der Waals surface area contributed by atoms with Crippen LogP contribution < -0.4 is 0 Å². The Kier molecular flexibility index (Phi) is 2.58. The van der Waals surface area contributed by atoms with Crippen molar-refractivity contribution in [3.05, 3.63) is 101 Å². The van der Waals surface area contributed by atoms with Crippen LogP contribution in [0.4, 0.5) is 0 Å². The quantitative estimate of drug-likeness (QED) is 0.635. The third kappa shape index (κ3) is 1.58. The van der Waals surface area contributed by atoms with Crippen LogP contribution in [0.1, 0.15) is 51.7 Å². The van der Waals surface area contributed by atoms with Crippen molar-refractivity contribution in [1.82, 2.24) is 0 Å². The molecule has 1 atom stereocenters. The van der Waals surface area contributed by atoms with Crippen LogP contribution in [0.25, 0.3) is 5.57 Å². The zero-order chi connectivity index (χ0) is 16.3. The van der Waals surface area contributed by atoms with E-state index < -0.39 is 0 Å². The van der Waals surface area contributed by atoms with Gasteiger partial charge in [0, 0.05) is 22.1 Å². The van der Waals surface area contributed by atoms with Crippen molar-refractivity contribution in [2.24, 2.45) is 0 Å². The molecule has 0 bridgehead atoms. The first-order valence-corrected chi connectivity index (χ1v) is 8.22. The normalized spacial score (nSPS) is 21.0. The van der Waals surface area contributed by atoms with Crippen molar-refractivity contribution < 1.29 is 9.21 Å². The van der Waals surface area contributed by atoms with Crippen molar-refractivity contribution in [2.45, 2.75) is 18.8 Å². The Hall–Kier alpha value is -2.87. The number of carbonyl (C=O) groups is 1. The Bertz CT molecular complexity index is 1010. The van der Waals surface area contributed by atoms with Gasteiger partial charge in [-0.2, -0.15) is 0 Å². The molecular weight excluding hydrogens is 296 g/mol. The average Bonchev–Trinajstić information content (AvgIpc) is 3.08. The zero-order valence-electron chi connectivity index (χ0n) is 13.4. The number of benzene rings is 2. The van der Waals surface area contributed by atoms with Crippen molar-refractivity contribution in [2.75, 3.05) is 0 Å². The van der Waals surface area contributed by atoms with Crippen molar-refractivity contribution >= 4 is 11.4 Å². The molecule has 0 saturated heterocycles. The van der Waals surface area contributed by atoms with Gasteiger partial charge in [0.25, 0.3) is 0 Å². The summed E-state index contributed by atoms with van der Waals surface area (Å²) in [5.41, 5.74) is 6.08. The second-order valence-electron chi connectivity index (χ2n) is 6.75. The fraction of sp³-hybridized carbons (Fsp3) is 0.136. The molecule has 1 aromatic heterocycles. The molecule has 1 heterocycles. The van der Waals surface area contributed by atoms with Crippen LogP contribution in [0.3, 0.4) is 0 Å². The summed E-state index contributed by atoms with van der Waals surface area (Å²) in [5, 5.41) is 0. The van der Waals surface area contributed by atoms with Gasteiger partial charge >= 0.3 is 0 Å². The Morgan fingerprint density at radius 2 is 1.71 bits per heavy atom. The molecule has 2 nitrogen and oxygen atoms in total. The van der Waals surface area contributed by atoms with Gasteiger partial charge in [-0.3, -0.25) is 4.79 Å². The molecule has 0 spiro atoms. The molecule has 2 aromatic carbocycles. The lowest BCUT2D eigenvalue weighted by Gasteiger charge is -2.38. The maximum atomic E-state index is 12.9. The molecule has 0 amide bonds. The van der Waals surface area contributed by atoms with Crippen molar-refractivity contribution in [1.29, 1.82) is 0 Å². The first-order valence-electron chi connectivity index (χ1n) is 8.22. The van der Waals surface area contributed by atoms with E-state index in [0.717, 1.165) is 39.8 Å². The minimum Gasteiger partial charge on any atom is -0.460 e. The molecule has 24 heavy (non-hydrogen) atoms. The molecule has 2 heteroatoms. The molecule has 0 aliphatic heterocycles. The largest absolute Gasteiger partial charge is 0.460 e. The smallest absolute Gasteiger partial charge is 0.228 e. The van der Waals surface area contributed by atoms with E-state index in [2.05, 4.69) is 31.2 Å². The van der Waals surface area contributed by atoms with E-state index in [4.69, 9.17) is 4.42 Å². The van der Waals surface area contributed by atoms with E-state index in [9.17, 15) is 4.79 Å². The summed E-state index contributed by atoms with van der Waals surface area (Å²) >= 11 is 0. The average molecular weight is 312 g/mol. The SMILES string of the molecule is C[C@]12CC=C(c3ccccc3)c3coc(c31)C(=O)c1ccccc12. The second-order valence-corrected chi connectivity index (χ2v) is 6.75. The summed E-state index contributed by atoms with van der Waals surface area (Å²) in [4.78, 5) is 12.9. The number of hydrogen-bond acceptors (Lipinski definition) is 2. The van der Waals surface area contributed by atoms with Crippen LogP contribution in [0.5, 0.6) is 0 Å². The molecule has 0 unspecified atom stereocenters. The van der Waals surface area contributed by atoms with Gasteiger partial charge in [0.05, 0.1) is 6.26 Å². The van der Waals surface area contributed by atoms with E-state index in [1.807, 2.05) is 36.4 Å². The topological polar surface area (TPSA) is 30.2 Å². The highest BCUT2D eigenvalue weighted by Gasteiger charge is 2.45. The Morgan fingerprint density at radius 1 is 0.958 bits per heavy atom. The molecule has 0 radical (unpaired) electrons. The number of allylic oxidation sites excluding steroid dienone is 1. The number of rotatable bonds is 1. The predicted octanol–water partition coefficient (Wildman–Crippen LogP) is 4.97. The number of ketones is 1. The molecule has 3 aromatic rings. The van der Waals surface area contributed by atoms with Gasteiger partial charge in [0.1, 0.15) is 0 Å². The Labute approximate surface area is 140 Å². The highest BCUT2D eigenvalue weighted by Crippen LogP contribution is 2.51. The summed E-state index contributed by atoms with van der Waals surface area (Å²) in [6.07, 6.45) is 4.90. The van der Waals surface area contributed by atoms with E-state index in [0.29, 0.717) is 5.76 Å². The van der Waals surface area contributed by atoms with Gasteiger partial charge in [0.15, 0.2) is 5.76 Å². The molecule has 2 aliphatic rings. The first kappa shape index (κ1) is 13.6. The minimum absolute atomic E-state index is 0.00126. The predicted molar refractivity (Wildman–Crippen MR) is 93.2 cm³/mol. The summed E-state index contributed by atoms with van der Waals surface area (Å²) < 4.78 is 5.78. The van der Waals surface area contributed by atoms with E-state index in [-0.39, 0.29) is 11.2 Å². The lowest BCUT2D eigenvalue weighted by molar-refractivity contribution is 0.0999. The van der Waals surface area contributed by atoms with Crippen molar-refractivity contribution in [3.63, 3.8) is 0 Å². The number of fused-ring (bicyclic) bond motifs is 2. The maximum Gasteiger partial charge on any atom is 0.228 e. The second kappa shape index (κ2) is 4.57. The first-order chi connectivity index (χ1) is 11.7. The van der Waals surface area contributed by atoms with Crippen molar-refractivity contribution in [3.8, 4) is 0 Å². The summed E-state index contributed by atoms with van der Waals surface area (Å²) in [6.45, 7) is 2.22. The van der Waals surface area contributed by atoms with Gasteiger partial charge in [-0.15, -0.1) is 0 Å². The molecular formula is C22H16O2. The van der Waals surface area contributed by atoms with Gasteiger partial charge < -0.3 is 4.42 Å². The van der Waals surface area contributed by atoms with Crippen LogP contribution in [0.15, 0.2) is 71.4 Å². The third-order valence-corrected chi connectivity index (χ3v) is 5.40. The fourth-order valence-corrected chi connectivity index (χ4v) is 4.21. The van der Waals surface area contributed by atoms with Crippen LogP contribution >= 0.6 is 0 Å². The lowest BCUT2D eigenvalue weighted by Crippen LogP contribution is -2.34. The highest BCUT2D eigenvalue weighted by molar-refractivity contribution is 6.12. The van der Waals surface area contributed by atoms with Crippen LogP contribution in [0.2, 0.25) is 0 Å². The molecule has 5 rings (SSSR count).